The first kappa shape index (κ1) is 32.3. The summed E-state index contributed by atoms with van der Waals surface area (Å²) in [6.45, 7) is 17.1. The number of ether oxygens (including phenoxy) is 2. The van der Waals surface area contributed by atoms with Crippen LogP contribution in [0.15, 0.2) is 66.9 Å². The van der Waals surface area contributed by atoms with Gasteiger partial charge in [-0.25, -0.2) is 0 Å². The van der Waals surface area contributed by atoms with Gasteiger partial charge in [0.2, 0.25) is 5.91 Å². The van der Waals surface area contributed by atoms with Crippen LogP contribution in [-0.4, -0.2) is 15.9 Å². The van der Waals surface area contributed by atoms with Crippen molar-refractivity contribution in [2.75, 3.05) is 0 Å². The zero-order valence-electron chi connectivity index (χ0n) is 26.4. The second-order valence-corrected chi connectivity index (χ2v) is 10.8. The van der Waals surface area contributed by atoms with Crippen LogP contribution in [0.25, 0.3) is 0 Å². The molecule has 0 saturated heterocycles. The monoisotopic (exact) mass is 567 g/mol. The first-order chi connectivity index (χ1) is 20.0. The Bertz CT molecular complexity index is 1480. The summed E-state index contributed by atoms with van der Waals surface area (Å²) < 4.78 is 11.9. The van der Waals surface area contributed by atoms with Gasteiger partial charge in [0.1, 0.15) is 24.7 Å². The van der Waals surface area contributed by atoms with E-state index in [-0.39, 0.29) is 5.91 Å². The van der Waals surface area contributed by atoms with Crippen LogP contribution >= 0.6 is 0 Å². The van der Waals surface area contributed by atoms with E-state index < -0.39 is 5.41 Å². The Morgan fingerprint density at radius 3 is 1.64 bits per heavy atom. The van der Waals surface area contributed by atoms with E-state index in [1.165, 1.54) is 16.7 Å². The molecule has 0 bridgehead atoms. The molecule has 222 valence electrons. The number of nitrogens with zero attached hydrogens (tertiary/aromatic N) is 2. The summed E-state index contributed by atoms with van der Waals surface area (Å²) in [5, 5.41) is 0. The van der Waals surface area contributed by atoms with Crippen molar-refractivity contribution in [3.05, 3.63) is 117 Å². The van der Waals surface area contributed by atoms with Gasteiger partial charge >= 0.3 is 0 Å². The summed E-state index contributed by atoms with van der Waals surface area (Å²) in [6, 6.07) is 20.2. The van der Waals surface area contributed by atoms with Crippen LogP contribution in [0.1, 0.15) is 77.2 Å². The summed E-state index contributed by atoms with van der Waals surface area (Å²) in [5.74, 6) is 1.38. The molecule has 4 aromatic rings. The number of nitrogens with two attached hydrogens (primary N) is 1. The van der Waals surface area contributed by atoms with Gasteiger partial charge in [-0.1, -0.05) is 74.5 Å². The van der Waals surface area contributed by atoms with Crippen molar-refractivity contribution >= 4 is 5.91 Å². The Morgan fingerprint density at radius 1 is 0.714 bits per heavy atom. The lowest BCUT2D eigenvalue weighted by Crippen LogP contribution is -2.42. The van der Waals surface area contributed by atoms with Crippen molar-refractivity contribution in [2.45, 2.75) is 86.9 Å². The number of primary amides is 1. The van der Waals surface area contributed by atoms with Crippen LogP contribution in [0.4, 0.5) is 0 Å². The van der Waals surface area contributed by atoms with Gasteiger partial charge in [-0.05, 0) is 87.8 Å². The molecule has 0 aliphatic heterocycles. The molecule has 2 aromatic heterocycles. The van der Waals surface area contributed by atoms with Gasteiger partial charge in [0.05, 0.1) is 22.5 Å². The summed E-state index contributed by atoms with van der Waals surface area (Å²) in [5.41, 5.74) is 14.2. The second-order valence-electron chi connectivity index (χ2n) is 10.8. The van der Waals surface area contributed by atoms with Gasteiger partial charge in [0, 0.05) is 6.20 Å². The fraction of sp³-hybridized carbons (Fsp3) is 0.361. The Hall–Kier alpha value is -4.19. The largest absolute Gasteiger partial charge is 0.487 e. The number of hydrogen-bond donors (Lipinski definition) is 1. The Kier molecular flexibility index (Phi) is 11.3. The van der Waals surface area contributed by atoms with Gasteiger partial charge in [-0.15, -0.1) is 0 Å². The van der Waals surface area contributed by atoms with Gasteiger partial charge in [-0.2, -0.15) is 0 Å². The number of amides is 1. The minimum absolute atomic E-state index is 0.315. The maximum Gasteiger partial charge on any atom is 0.229 e. The molecule has 6 heteroatoms. The second kappa shape index (κ2) is 14.6. The van der Waals surface area contributed by atoms with Gasteiger partial charge in [-0.3, -0.25) is 14.8 Å². The molecule has 6 nitrogen and oxygen atoms in total. The van der Waals surface area contributed by atoms with E-state index in [2.05, 4.69) is 31.0 Å². The normalized spacial score (nSPS) is 11.0. The van der Waals surface area contributed by atoms with Crippen molar-refractivity contribution in [3.8, 4) is 11.5 Å². The molecule has 2 N–H and O–H groups in total. The third kappa shape index (κ3) is 7.35. The van der Waals surface area contributed by atoms with Crippen molar-refractivity contribution in [1.29, 1.82) is 0 Å². The van der Waals surface area contributed by atoms with Crippen LogP contribution in [0, 0.1) is 41.5 Å². The third-order valence-electron chi connectivity index (χ3n) is 8.16. The lowest BCUT2D eigenvalue weighted by atomic mass is 9.75. The molecule has 42 heavy (non-hydrogen) atoms. The predicted octanol–water partition coefficient (Wildman–Crippen LogP) is 7.71. The Morgan fingerprint density at radius 2 is 1.19 bits per heavy atom. The number of hydrogen-bond acceptors (Lipinski definition) is 5. The SMILES string of the molecule is CCC(CC)(C(N)=O)c1nc(C)c(OCc2ccccc2)c(C)c1C.Cc1cnc(C)c(OCc2ccccc2)c1C. The van der Waals surface area contributed by atoms with E-state index in [9.17, 15) is 4.79 Å². The number of carbonyl (C=O) groups is 1. The van der Waals surface area contributed by atoms with Crippen LogP contribution in [0.3, 0.4) is 0 Å². The molecule has 0 unspecified atom stereocenters. The molecule has 1 amide bonds. The molecule has 2 aromatic carbocycles. The first-order valence-electron chi connectivity index (χ1n) is 14.6. The Labute approximate surface area is 251 Å². The van der Waals surface area contributed by atoms with Gasteiger partial charge in [0.25, 0.3) is 0 Å². The van der Waals surface area contributed by atoms with Gasteiger partial charge in [0.15, 0.2) is 0 Å². The Balaban J connectivity index is 0.000000247. The summed E-state index contributed by atoms with van der Waals surface area (Å²) in [4.78, 5) is 21.3. The maximum absolute atomic E-state index is 12.2. The molecule has 2 heterocycles. The maximum atomic E-state index is 12.2. The number of pyridine rings is 2. The van der Waals surface area contributed by atoms with E-state index in [0.29, 0.717) is 26.1 Å². The molecular weight excluding hydrogens is 522 g/mol. The van der Waals surface area contributed by atoms with Crippen molar-refractivity contribution < 1.29 is 14.3 Å². The molecule has 0 atom stereocenters. The lowest BCUT2D eigenvalue weighted by Gasteiger charge is -2.30. The fourth-order valence-electron chi connectivity index (χ4n) is 5.12. The molecule has 0 spiro atoms. The van der Waals surface area contributed by atoms with E-state index in [1.54, 1.807) is 0 Å². The molecule has 0 saturated carbocycles. The fourth-order valence-corrected chi connectivity index (χ4v) is 5.12. The van der Waals surface area contributed by atoms with Crippen LogP contribution < -0.4 is 15.2 Å². The predicted molar refractivity (Wildman–Crippen MR) is 170 cm³/mol. The molecular formula is C36H45N3O3. The molecule has 4 rings (SSSR count). The van der Waals surface area contributed by atoms with Crippen LogP contribution in [0.5, 0.6) is 11.5 Å². The van der Waals surface area contributed by atoms with Crippen molar-refractivity contribution in [3.63, 3.8) is 0 Å². The lowest BCUT2D eigenvalue weighted by molar-refractivity contribution is -0.124. The summed E-state index contributed by atoms with van der Waals surface area (Å²) in [6.07, 6.45) is 3.16. The van der Waals surface area contributed by atoms with Gasteiger partial charge < -0.3 is 15.2 Å². The number of aromatic nitrogens is 2. The minimum atomic E-state index is -0.725. The third-order valence-corrected chi connectivity index (χ3v) is 8.16. The highest BCUT2D eigenvalue weighted by Gasteiger charge is 2.38. The molecule has 0 fully saturated rings. The summed E-state index contributed by atoms with van der Waals surface area (Å²) >= 11 is 0. The summed E-state index contributed by atoms with van der Waals surface area (Å²) in [7, 11) is 0. The highest BCUT2D eigenvalue weighted by molar-refractivity contribution is 5.86. The number of aryl methyl sites for hydroxylation is 3. The highest BCUT2D eigenvalue weighted by Crippen LogP contribution is 2.37. The van der Waals surface area contributed by atoms with E-state index in [4.69, 9.17) is 20.2 Å². The average molecular weight is 568 g/mol. The average Bonchev–Trinajstić information content (AvgIpc) is 2.99. The zero-order valence-corrected chi connectivity index (χ0v) is 26.4. The van der Waals surface area contributed by atoms with E-state index in [1.807, 2.05) is 96.3 Å². The van der Waals surface area contributed by atoms with E-state index >= 15 is 0 Å². The molecule has 0 aliphatic rings. The number of rotatable bonds is 10. The van der Waals surface area contributed by atoms with Crippen LogP contribution in [-0.2, 0) is 23.4 Å². The smallest absolute Gasteiger partial charge is 0.229 e. The quantitative estimate of drug-likeness (QED) is 0.212. The number of carbonyl (C=O) groups excluding carboxylic acids is 1. The number of benzene rings is 2. The van der Waals surface area contributed by atoms with Crippen molar-refractivity contribution in [1.82, 2.24) is 9.97 Å². The van der Waals surface area contributed by atoms with E-state index in [0.717, 1.165) is 45.3 Å². The van der Waals surface area contributed by atoms with Crippen molar-refractivity contribution in [2.24, 2.45) is 5.73 Å². The van der Waals surface area contributed by atoms with Crippen LogP contribution in [0.2, 0.25) is 0 Å². The zero-order chi connectivity index (χ0) is 30.9. The topological polar surface area (TPSA) is 87.3 Å². The standard InChI is InChI=1S/C21H28N2O2.C15H17NO/c1-6-21(7-2,20(22)24)19-15(4)14(3)18(16(5)23-19)25-13-17-11-9-8-10-12-17;1-11-9-16-13(3)15(12(11)2)17-10-14-7-5-4-6-8-14/h8-12H,6-7,13H2,1-5H3,(H2,22,24);4-9H,10H2,1-3H3. The minimum Gasteiger partial charge on any atom is -0.487 e. The first-order valence-corrected chi connectivity index (χ1v) is 14.6. The highest BCUT2D eigenvalue weighted by atomic mass is 16.5. The molecule has 0 aliphatic carbocycles. The molecule has 0 radical (unpaired) electrons.